The third kappa shape index (κ3) is 3.19. The molecule has 3 heterocycles. The molecule has 0 radical (unpaired) electrons. The number of carbonyl (C=O) groups excluding carboxylic acids is 1. The molecule has 0 bridgehead atoms. The van der Waals surface area contributed by atoms with Crippen LogP contribution in [0.4, 0.5) is 0 Å². The summed E-state index contributed by atoms with van der Waals surface area (Å²) in [5.41, 5.74) is 2.98. The van der Waals surface area contributed by atoms with Crippen molar-refractivity contribution in [2.45, 2.75) is 26.2 Å². The summed E-state index contributed by atoms with van der Waals surface area (Å²) in [7, 11) is 0. The Morgan fingerprint density at radius 3 is 3.04 bits per heavy atom. The highest BCUT2D eigenvalue weighted by atomic mass is 35.5. The molecular weight excluding hydrogens is 348 g/mol. The summed E-state index contributed by atoms with van der Waals surface area (Å²) in [6, 6.07) is 7.37. The van der Waals surface area contributed by atoms with Crippen LogP contribution in [0.1, 0.15) is 36.5 Å². The number of halogens is 1. The lowest BCUT2D eigenvalue weighted by atomic mass is 10.0. The fourth-order valence-electron chi connectivity index (χ4n) is 3.75. The van der Waals surface area contributed by atoms with E-state index >= 15 is 0 Å². The van der Waals surface area contributed by atoms with Gasteiger partial charge in [-0.3, -0.25) is 9.89 Å². The molecule has 0 aliphatic carbocycles. The van der Waals surface area contributed by atoms with Gasteiger partial charge in [0, 0.05) is 35.3 Å². The lowest BCUT2D eigenvalue weighted by Gasteiger charge is -2.18. The molecule has 5 nitrogen and oxygen atoms in total. The third-order valence-corrected chi connectivity index (χ3v) is 5.30. The number of rotatable bonds is 4. The molecule has 26 heavy (non-hydrogen) atoms. The smallest absolute Gasteiger partial charge is 0.254 e. The largest absolute Gasteiger partial charge is 0.338 e. The van der Waals surface area contributed by atoms with E-state index in [4.69, 9.17) is 11.6 Å². The Bertz CT molecular complexity index is 938. The quantitative estimate of drug-likeness (QED) is 0.735. The van der Waals surface area contributed by atoms with Crippen LogP contribution in [0, 0.1) is 5.92 Å². The van der Waals surface area contributed by atoms with Crippen molar-refractivity contribution in [3.63, 3.8) is 0 Å². The molecule has 3 aromatic rings. The van der Waals surface area contributed by atoms with Crippen molar-refractivity contribution in [3.05, 3.63) is 47.2 Å². The van der Waals surface area contributed by atoms with Gasteiger partial charge >= 0.3 is 0 Å². The zero-order chi connectivity index (χ0) is 18.1. The van der Waals surface area contributed by atoms with Crippen molar-refractivity contribution in [1.29, 1.82) is 0 Å². The molecule has 1 amide bonds. The van der Waals surface area contributed by atoms with Gasteiger partial charge in [-0.2, -0.15) is 5.10 Å². The number of aromatic amines is 1. The minimum Gasteiger partial charge on any atom is -0.338 e. The van der Waals surface area contributed by atoms with Crippen molar-refractivity contribution in [1.82, 2.24) is 20.1 Å². The minimum atomic E-state index is 0.0723. The molecule has 1 aromatic carbocycles. The van der Waals surface area contributed by atoms with Crippen LogP contribution < -0.4 is 0 Å². The van der Waals surface area contributed by atoms with E-state index in [2.05, 4.69) is 22.1 Å². The van der Waals surface area contributed by atoms with Gasteiger partial charge in [-0.25, -0.2) is 4.98 Å². The van der Waals surface area contributed by atoms with Gasteiger partial charge < -0.3 is 4.90 Å². The number of nitrogens with zero attached hydrogens (tertiary/aromatic N) is 3. The number of H-pyrrole nitrogens is 1. The highest BCUT2D eigenvalue weighted by Gasteiger charge is 2.28. The first-order valence-corrected chi connectivity index (χ1v) is 9.42. The van der Waals surface area contributed by atoms with Gasteiger partial charge in [-0.15, -0.1) is 0 Å². The van der Waals surface area contributed by atoms with Crippen LogP contribution in [0.2, 0.25) is 5.02 Å². The first-order valence-electron chi connectivity index (χ1n) is 9.04. The van der Waals surface area contributed by atoms with Crippen LogP contribution >= 0.6 is 11.6 Å². The molecule has 0 saturated carbocycles. The van der Waals surface area contributed by atoms with Crippen LogP contribution in [0.25, 0.3) is 22.2 Å². The van der Waals surface area contributed by atoms with Gasteiger partial charge in [0.2, 0.25) is 0 Å². The molecule has 6 heteroatoms. The number of fused-ring (bicyclic) bond motifs is 1. The first kappa shape index (κ1) is 17.0. The first-order chi connectivity index (χ1) is 12.7. The molecule has 1 fully saturated rings. The summed E-state index contributed by atoms with van der Waals surface area (Å²) < 4.78 is 0. The minimum absolute atomic E-state index is 0.0723. The van der Waals surface area contributed by atoms with Crippen LogP contribution in [0.5, 0.6) is 0 Å². The van der Waals surface area contributed by atoms with Crippen molar-refractivity contribution >= 4 is 28.4 Å². The maximum Gasteiger partial charge on any atom is 0.254 e. The van der Waals surface area contributed by atoms with Gasteiger partial charge in [0.15, 0.2) is 0 Å². The van der Waals surface area contributed by atoms with Crippen molar-refractivity contribution in [2.24, 2.45) is 5.92 Å². The van der Waals surface area contributed by atoms with Crippen molar-refractivity contribution < 1.29 is 4.79 Å². The number of benzene rings is 1. The second-order valence-corrected chi connectivity index (χ2v) is 7.33. The highest BCUT2D eigenvalue weighted by Crippen LogP contribution is 2.29. The Kier molecular flexibility index (Phi) is 4.64. The predicted molar refractivity (Wildman–Crippen MR) is 103 cm³/mol. The number of likely N-dealkylation sites (tertiary alicyclic amines) is 1. The Labute approximate surface area is 157 Å². The molecule has 1 aliphatic rings. The van der Waals surface area contributed by atoms with E-state index in [0.29, 0.717) is 16.5 Å². The molecule has 1 aliphatic heterocycles. The number of amides is 1. The molecule has 4 rings (SSSR count). The zero-order valence-electron chi connectivity index (χ0n) is 14.7. The van der Waals surface area contributed by atoms with Gasteiger partial charge in [-0.05, 0) is 37.0 Å². The van der Waals surface area contributed by atoms with E-state index in [9.17, 15) is 4.79 Å². The van der Waals surface area contributed by atoms with Crippen molar-refractivity contribution in [3.8, 4) is 11.3 Å². The molecule has 1 atom stereocenters. The summed E-state index contributed by atoms with van der Waals surface area (Å²) in [4.78, 5) is 19.9. The van der Waals surface area contributed by atoms with Crippen LogP contribution in [0.15, 0.2) is 36.7 Å². The highest BCUT2D eigenvalue weighted by molar-refractivity contribution is 6.31. The number of carbonyl (C=O) groups is 1. The Morgan fingerprint density at radius 2 is 2.27 bits per heavy atom. The number of pyridine rings is 1. The molecule has 134 valence electrons. The lowest BCUT2D eigenvalue weighted by molar-refractivity contribution is 0.0788. The molecule has 1 N–H and O–H groups in total. The summed E-state index contributed by atoms with van der Waals surface area (Å²) in [6.45, 7) is 3.86. The molecule has 1 unspecified atom stereocenters. The summed E-state index contributed by atoms with van der Waals surface area (Å²) >= 11 is 6.15. The van der Waals surface area contributed by atoms with E-state index in [1.807, 2.05) is 23.1 Å². The van der Waals surface area contributed by atoms with E-state index < -0.39 is 0 Å². The zero-order valence-corrected chi connectivity index (χ0v) is 15.5. The normalized spacial score (nSPS) is 17.2. The Morgan fingerprint density at radius 1 is 1.38 bits per heavy atom. The molecular formula is C20H21ClN4O. The number of hydrogen-bond acceptors (Lipinski definition) is 3. The number of nitrogens with one attached hydrogen (secondary N) is 1. The topological polar surface area (TPSA) is 61.9 Å². The summed E-state index contributed by atoms with van der Waals surface area (Å²) in [6.07, 6.45) is 6.91. The van der Waals surface area contributed by atoms with Crippen LogP contribution in [0.3, 0.4) is 0 Å². The molecule has 0 spiro atoms. The third-order valence-electron chi connectivity index (χ3n) is 5.07. The fourth-order valence-corrected chi connectivity index (χ4v) is 3.92. The standard InChI is InChI=1S/C20H21ClN4O/c1-2-3-13-6-7-25(12-13)20(26)17-9-18(14-10-22-23-11-14)24-19-8-15(21)4-5-16(17)19/h4-5,8-11,13H,2-3,6-7,12H2,1H3,(H,22,23). The average Bonchev–Trinajstić information content (AvgIpc) is 3.32. The van der Waals surface area contributed by atoms with Crippen LogP contribution in [-0.4, -0.2) is 39.1 Å². The maximum absolute atomic E-state index is 13.3. The van der Waals surface area contributed by atoms with E-state index in [1.165, 1.54) is 6.42 Å². The van der Waals surface area contributed by atoms with Gasteiger partial charge in [0.25, 0.3) is 5.91 Å². The van der Waals surface area contributed by atoms with Gasteiger partial charge in [0.05, 0.1) is 23.0 Å². The monoisotopic (exact) mass is 368 g/mol. The fraction of sp³-hybridized carbons (Fsp3) is 0.350. The van der Waals surface area contributed by atoms with Crippen molar-refractivity contribution in [2.75, 3.05) is 13.1 Å². The van der Waals surface area contributed by atoms with Crippen LogP contribution in [-0.2, 0) is 0 Å². The molecule has 2 aromatic heterocycles. The Hall–Kier alpha value is -2.40. The van der Waals surface area contributed by atoms with E-state index in [1.54, 1.807) is 18.5 Å². The second kappa shape index (κ2) is 7.08. The average molecular weight is 369 g/mol. The summed E-state index contributed by atoms with van der Waals surface area (Å²) in [5.74, 6) is 0.683. The predicted octanol–water partition coefficient (Wildman–Crippen LogP) is 4.54. The van der Waals surface area contributed by atoms with Gasteiger partial charge in [-0.1, -0.05) is 31.0 Å². The van der Waals surface area contributed by atoms with E-state index in [0.717, 1.165) is 48.1 Å². The SMILES string of the molecule is CCCC1CCN(C(=O)c2cc(-c3cn[nH]c3)nc3cc(Cl)ccc23)C1. The Balaban J connectivity index is 1.77. The lowest BCUT2D eigenvalue weighted by Crippen LogP contribution is -2.29. The van der Waals surface area contributed by atoms with E-state index in [-0.39, 0.29) is 5.91 Å². The number of hydrogen-bond donors (Lipinski definition) is 1. The second-order valence-electron chi connectivity index (χ2n) is 6.90. The van der Waals surface area contributed by atoms with Gasteiger partial charge in [0.1, 0.15) is 0 Å². The maximum atomic E-state index is 13.3. The molecule has 1 saturated heterocycles. The number of aromatic nitrogens is 3. The summed E-state index contributed by atoms with van der Waals surface area (Å²) in [5, 5.41) is 8.24.